The first-order valence-electron chi connectivity index (χ1n) is 9.94. The number of nitrogens with zero attached hydrogens (tertiary/aromatic N) is 1. The van der Waals surface area contributed by atoms with Crippen LogP contribution in [-0.2, 0) is 0 Å². The minimum absolute atomic E-state index is 0.0247. The Hall–Kier alpha value is -2.25. The van der Waals surface area contributed by atoms with Crippen molar-refractivity contribution in [2.45, 2.75) is 47.8 Å². The number of carboxylic acid groups (broad SMARTS) is 1. The maximum absolute atomic E-state index is 11.7. The number of hydrogen-bond acceptors (Lipinski definition) is 6. The van der Waals surface area contributed by atoms with Gasteiger partial charge in [0.15, 0.2) is 0 Å². The zero-order valence-corrected chi connectivity index (χ0v) is 18.2. The number of para-hydroxylation sites is 2. The number of aromatic carboxylic acids is 1. The van der Waals surface area contributed by atoms with E-state index in [0.717, 1.165) is 12.0 Å². The van der Waals surface area contributed by atoms with Gasteiger partial charge in [-0.05, 0) is 29.9 Å². The highest BCUT2D eigenvalue weighted by Gasteiger charge is 2.50. The van der Waals surface area contributed by atoms with Crippen LogP contribution in [0.5, 0.6) is 0 Å². The first-order valence-corrected chi connectivity index (χ1v) is 11.3. The molecule has 0 aromatic heterocycles. The van der Waals surface area contributed by atoms with Crippen molar-refractivity contribution < 1.29 is 14.8 Å². The predicted octanol–water partition coefficient (Wildman–Crippen LogP) is 4.28. The van der Waals surface area contributed by atoms with Gasteiger partial charge in [-0.2, -0.15) is 0 Å². The number of anilines is 1. The fourth-order valence-corrected chi connectivity index (χ4v) is 6.83. The van der Waals surface area contributed by atoms with Crippen LogP contribution in [0.15, 0.2) is 47.4 Å². The molecule has 30 heavy (non-hydrogen) atoms. The van der Waals surface area contributed by atoms with Crippen LogP contribution in [0.25, 0.3) is 0 Å². The van der Waals surface area contributed by atoms with Crippen LogP contribution in [0, 0.1) is 22.0 Å². The Labute approximate surface area is 184 Å². The second-order valence-corrected chi connectivity index (χ2v) is 10.0. The van der Waals surface area contributed by atoms with E-state index in [2.05, 4.69) is 19.2 Å². The molecule has 0 spiro atoms. The summed E-state index contributed by atoms with van der Waals surface area (Å²) in [6, 6.07) is 12.0. The van der Waals surface area contributed by atoms with E-state index in [1.807, 2.05) is 6.07 Å². The number of hydrogen-bond donors (Lipinski definition) is 1. The summed E-state index contributed by atoms with van der Waals surface area (Å²) in [6.45, 7) is 4.21. The molecule has 1 heterocycles. The number of nitro benzene ring substituents is 1. The molecule has 5 atom stereocenters. The highest BCUT2D eigenvalue weighted by Crippen LogP contribution is 2.56. The van der Waals surface area contributed by atoms with E-state index >= 15 is 0 Å². The molecule has 1 saturated carbocycles. The Balaban J connectivity index is 1.72. The number of rotatable bonds is 5. The summed E-state index contributed by atoms with van der Waals surface area (Å²) in [5.74, 6) is -0.776. The van der Waals surface area contributed by atoms with E-state index in [1.165, 1.54) is 17.8 Å². The molecule has 1 N–H and O–H groups in total. The lowest BCUT2D eigenvalue weighted by molar-refractivity contribution is -0.387. The van der Waals surface area contributed by atoms with E-state index in [9.17, 15) is 20.0 Å². The Bertz CT molecular complexity index is 999. The summed E-state index contributed by atoms with van der Waals surface area (Å²) < 4.78 is 0. The minimum atomic E-state index is -1.21. The van der Waals surface area contributed by atoms with Gasteiger partial charge in [0.25, 0.3) is 5.69 Å². The molecule has 1 fully saturated rings. The van der Waals surface area contributed by atoms with Gasteiger partial charge >= 0.3 is 0 Å². The lowest BCUT2D eigenvalue weighted by Crippen LogP contribution is -2.41. The molecule has 4 rings (SSSR count). The van der Waals surface area contributed by atoms with Gasteiger partial charge in [-0.25, -0.2) is 0 Å². The van der Waals surface area contributed by atoms with Crippen molar-refractivity contribution in [1.82, 2.24) is 0 Å². The van der Waals surface area contributed by atoms with Gasteiger partial charge < -0.3 is 15.2 Å². The molecule has 1 aliphatic carbocycles. The van der Waals surface area contributed by atoms with Gasteiger partial charge in [-0.1, -0.05) is 44.2 Å². The largest absolute Gasteiger partial charge is 0.545 e. The molecule has 0 saturated heterocycles. The summed E-state index contributed by atoms with van der Waals surface area (Å²) in [5.41, 5.74) is 1.72. The molecule has 2 aliphatic rings. The van der Waals surface area contributed by atoms with Crippen molar-refractivity contribution in [2.75, 3.05) is 5.32 Å². The summed E-state index contributed by atoms with van der Waals surface area (Å²) in [5, 5.41) is 26.3. The number of thioether (sulfide) groups is 1. The maximum Gasteiger partial charge on any atom is 0.282 e. The Kier molecular flexibility index (Phi) is 5.68. The van der Waals surface area contributed by atoms with E-state index in [4.69, 9.17) is 11.6 Å². The predicted molar refractivity (Wildman–Crippen MR) is 116 cm³/mol. The summed E-state index contributed by atoms with van der Waals surface area (Å²) >= 11 is 8.43. The van der Waals surface area contributed by atoms with Crippen molar-refractivity contribution in [2.24, 2.45) is 11.8 Å². The molecule has 1 aliphatic heterocycles. The molecule has 2 aromatic carbocycles. The van der Waals surface area contributed by atoms with Gasteiger partial charge in [0.1, 0.15) is 0 Å². The molecular formula is C22H22ClN2O4S-. The van der Waals surface area contributed by atoms with Crippen LogP contribution >= 0.6 is 23.4 Å². The zero-order chi connectivity index (χ0) is 21.6. The molecule has 0 radical (unpaired) electrons. The van der Waals surface area contributed by atoms with Gasteiger partial charge in [-0.3, -0.25) is 10.1 Å². The number of carboxylic acids is 1. The third kappa shape index (κ3) is 3.54. The molecule has 2 aromatic rings. The number of carbonyl (C=O) groups excluding carboxylic acids is 1. The van der Waals surface area contributed by atoms with Gasteiger partial charge in [0, 0.05) is 34.5 Å². The van der Waals surface area contributed by atoms with Gasteiger partial charge in [0.05, 0.1) is 21.2 Å². The summed E-state index contributed by atoms with van der Waals surface area (Å²) in [4.78, 5) is 23.3. The third-order valence-corrected chi connectivity index (χ3v) is 8.28. The molecule has 6 nitrogen and oxygen atoms in total. The number of nitrogens with one attached hydrogen (secondary N) is 1. The van der Waals surface area contributed by atoms with E-state index in [-0.39, 0.29) is 50.6 Å². The Morgan fingerprint density at radius 1 is 1.23 bits per heavy atom. The van der Waals surface area contributed by atoms with Crippen molar-refractivity contribution in [3.05, 3.63) is 63.7 Å². The molecular weight excluding hydrogens is 424 g/mol. The number of halogens is 1. The molecule has 158 valence electrons. The van der Waals surface area contributed by atoms with Crippen LogP contribution in [0.1, 0.15) is 42.1 Å². The highest BCUT2D eigenvalue weighted by molar-refractivity contribution is 8.00. The van der Waals surface area contributed by atoms with Crippen LogP contribution in [-0.4, -0.2) is 27.6 Å². The molecule has 0 amide bonds. The Morgan fingerprint density at radius 2 is 1.97 bits per heavy atom. The smallest absolute Gasteiger partial charge is 0.282 e. The van der Waals surface area contributed by atoms with Crippen LogP contribution in [0.2, 0.25) is 0 Å². The first kappa shape index (κ1) is 21.0. The minimum Gasteiger partial charge on any atom is -0.545 e. The topological polar surface area (TPSA) is 95.3 Å². The Morgan fingerprint density at radius 3 is 2.63 bits per heavy atom. The molecule has 0 bridgehead atoms. The number of carbonyl (C=O) groups is 1. The van der Waals surface area contributed by atoms with E-state index in [0.29, 0.717) is 10.6 Å². The first-order chi connectivity index (χ1) is 14.3. The lowest BCUT2D eigenvalue weighted by atomic mass is 9.75. The van der Waals surface area contributed by atoms with Crippen LogP contribution < -0.4 is 10.4 Å². The fourth-order valence-electron chi connectivity index (χ4n) is 4.88. The average Bonchev–Trinajstić information content (AvgIpc) is 3.03. The van der Waals surface area contributed by atoms with E-state index < -0.39 is 5.97 Å². The number of benzene rings is 2. The third-order valence-electron chi connectivity index (χ3n) is 6.17. The second-order valence-electron chi connectivity index (χ2n) is 8.22. The quantitative estimate of drug-likeness (QED) is 0.419. The zero-order valence-electron chi connectivity index (χ0n) is 16.6. The average molecular weight is 446 g/mol. The van der Waals surface area contributed by atoms with Crippen LogP contribution in [0.4, 0.5) is 11.4 Å². The van der Waals surface area contributed by atoms with E-state index in [1.54, 1.807) is 30.3 Å². The lowest BCUT2D eigenvalue weighted by Gasteiger charge is -2.41. The van der Waals surface area contributed by atoms with Crippen molar-refractivity contribution in [3.63, 3.8) is 0 Å². The van der Waals surface area contributed by atoms with Crippen molar-refractivity contribution in [3.8, 4) is 0 Å². The maximum atomic E-state index is 11.7. The van der Waals surface area contributed by atoms with Crippen molar-refractivity contribution >= 4 is 40.7 Å². The highest BCUT2D eigenvalue weighted by atomic mass is 35.5. The summed E-state index contributed by atoms with van der Waals surface area (Å²) in [6.07, 6.45) is 0.792. The van der Waals surface area contributed by atoms with Crippen LogP contribution in [0.3, 0.4) is 0 Å². The molecule has 0 unspecified atom stereocenters. The fraction of sp³-hybridized carbons (Fsp3) is 0.409. The SMILES string of the molecule is CC(C)[C@H]1Nc2c(C(=O)[O-])cccc2[C@@H]2[C@@H](Cl)[C@@H](Sc3ccccc3[N+](=O)[O-])C[C@H]21. The number of alkyl halides is 1. The number of nitro groups is 1. The van der Waals surface area contributed by atoms with Crippen molar-refractivity contribution in [1.29, 1.82) is 0 Å². The normalized spacial score (nSPS) is 27.3. The summed E-state index contributed by atoms with van der Waals surface area (Å²) in [7, 11) is 0. The molecule has 8 heteroatoms. The second kappa shape index (κ2) is 8.12. The van der Waals surface area contributed by atoms with Gasteiger partial charge in [0.2, 0.25) is 0 Å². The van der Waals surface area contributed by atoms with Gasteiger partial charge in [-0.15, -0.1) is 23.4 Å². The number of fused-ring (bicyclic) bond motifs is 3. The standard InChI is InChI=1S/C22H23ClN2O4S/c1-11(2)20-14-10-17(30-16-9-4-3-8-15(16)25(28)29)19(23)18(14)12-6-5-7-13(22(26)27)21(12)24-20/h3-9,11,14,17-20,24H,10H2,1-2H3,(H,26,27)/p-1/t14-,17+,18+,19+,20-/m1/s1. The monoisotopic (exact) mass is 445 g/mol.